The lowest BCUT2D eigenvalue weighted by Crippen LogP contribution is -2.32. The summed E-state index contributed by atoms with van der Waals surface area (Å²) in [6, 6.07) is 7.00. The highest BCUT2D eigenvalue weighted by Gasteiger charge is 2.31. The van der Waals surface area contributed by atoms with Gasteiger partial charge in [-0.05, 0) is 31.4 Å². The van der Waals surface area contributed by atoms with E-state index in [2.05, 4.69) is 34.9 Å². The summed E-state index contributed by atoms with van der Waals surface area (Å²) in [5.74, 6) is 0. The van der Waals surface area contributed by atoms with Gasteiger partial charge in [-0.25, -0.2) is 0 Å². The highest BCUT2D eigenvalue weighted by molar-refractivity contribution is 5.79. The molecule has 1 heterocycles. The molecule has 0 saturated heterocycles. The molecule has 0 bridgehead atoms. The molecule has 1 fully saturated rings. The maximum Gasteiger partial charge on any atom is 0.0688 e. The fourth-order valence-electron chi connectivity index (χ4n) is 2.37. The lowest BCUT2D eigenvalue weighted by molar-refractivity contribution is 0.00387. The third kappa shape index (κ3) is 1.43. The van der Waals surface area contributed by atoms with Gasteiger partial charge < -0.3 is 4.74 Å². The normalized spacial score (nSPS) is 24.6. The Kier molecular flexibility index (Phi) is 2.21. The third-order valence-electron chi connectivity index (χ3n) is 3.50. The van der Waals surface area contributed by atoms with Crippen LogP contribution < -0.4 is 0 Å². The van der Waals surface area contributed by atoms with Crippen molar-refractivity contribution < 1.29 is 4.74 Å². The lowest BCUT2D eigenvalue weighted by atomic mass is 9.89. The zero-order chi connectivity index (χ0) is 11.1. The highest BCUT2D eigenvalue weighted by Crippen LogP contribution is 2.35. The number of fused-ring (bicyclic) bond motifs is 1. The first-order valence-electron chi connectivity index (χ1n) is 5.74. The molecule has 2 aromatic rings. The predicted molar refractivity (Wildman–Crippen MR) is 63.5 cm³/mol. The first-order chi connectivity index (χ1) is 7.78. The van der Waals surface area contributed by atoms with Crippen LogP contribution in [0, 0.1) is 6.92 Å². The van der Waals surface area contributed by atoms with Crippen LogP contribution in [0.1, 0.15) is 24.4 Å². The largest absolute Gasteiger partial charge is 0.381 e. The topological polar surface area (TPSA) is 27.1 Å². The van der Waals surface area contributed by atoms with Crippen LogP contribution in [0.2, 0.25) is 0 Å². The average molecular weight is 216 g/mol. The fraction of sp³-hybridized carbons (Fsp3) is 0.462. The van der Waals surface area contributed by atoms with Crippen LogP contribution in [-0.2, 0) is 4.74 Å². The minimum absolute atomic E-state index is 0.425. The summed E-state index contributed by atoms with van der Waals surface area (Å²) >= 11 is 0. The van der Waals surface area contributed by atoms with Gasteiger partial charge in [0.2, 0.25) is 0 Å². The van der Waals surface area contributed by atoms with Crippen molar-refractivity contribution in [2.24, 2.45) is 0 Å². The summed E-state index contributed by atoms with van der Waals surface area (Å²) < 4.78 is 7.46. The second kappa shape index (κ2) is 3.59. The first kappa shape index (κ1) is 9.85. The van der Waals surface area contributed by atoms with E-state index in [1.807, 2.05) is 6.20 Å². The van der Waals surface area contributed by atoms with E-state index in [-0.39, 0.29) is 0 Å². The number of ether oxygens (including phenoxy) is 1. The van der Waals surface area contributed by atoms with Crippen LogP contribution >= 0.6 is 0 Å². The molecule has 1 saturated carbocycles. The molecule has 1 aromatic heterocycles. The number of rotatable bonds is 2. The molecule has 1 aliphatic rings. The van der Waals surface area contributed by atoms with E-state index in [1.165, 1.54) is 16.5 Å². The van der Waals surface area contributed by atoms with Crippen LogP contribution in [0.25, 0.3) is 10.9 Å². The molecule has 3 heteroatoms. The van der Waals surface area contributed by atoms with Crippen molar-refractivity contribution in [3.05, 3.63) is 30.0 Å². The highest BCUT2D eigenvalue weighted by atomic mass is 16.5. The van der Waals surface area contributed by atoms with Gasteiger partial charge in [-0.1, -0.05) is 12.1 Å². The van der Waals surface area contributed by atoms with Crippen molar-refractivity contribution in [1.29, 1.82) is 0 Å². The molecule has 16 heavy (non-hydrogen) atoms. The van der Waals surface area contributed by atoms with Gasteiger partial charge in [-0.2, -0.15) is 5.10 Å². The molecular formula is C13H16N2O. The van der Waals surface area contributed by atoms with Gasteiger partial charge in [0.15, 0.2) is 0 Å². The maximum atomic E-state index is 5.31. The Labute approximate surface area is 95.0 Å². The lowest BCUT2D eigenvalue weighted by Gasteiger charge is -2.34. The molecule has 3 rings (SSSR count). The van der Waals surface area contributed by atoms with E-state index in [0.717, 1.165) is 12.8 Å². The summed E-state index contributed by atoms with van der Waals surface area (Å²) in [5.41, 5.74) is 2.54. The number of nitrogens with zero attached hydrogens (tertiary/aromatic N) is 2. The van der Waals surface area contributed by atoms with E-state index >= 15 is 0 Å². The molecule has 0 radical (unpaired) electrons. The van der Waals surface area contributed by atoms with Crippen molar-refractivity contribution in [3.63, 3.8) is 0 Å². The number of methoxy groups -OCH3 is 1. The summed E-state index contributed by atoms with van der Waals surface area (Å²) in [7, 11) is 1.78. The summed E-state index contributed by atoms with van der Waals surface area (Å²) in [6.07, 6.45) is 4.55. The molecule has 0 amide bonds. The van der Waals surface area contributed by atoms with Crippen LogP contribution in [0.15, 0.2) is 24.4 Å². The smallest absolute Gasteiger partial charge is 0.0688 e. The average Bonchev–Trinajstić information content (AvgIpc) is 2.60. The van der Waals surface area contributed by atoms with Crippen molar-refractivity contribution in [1.82, 2.24) is 9.78 Å². The Morgan fingerprint density at radius 3 is 2.94 bits per heavy atom. The minimum Gasteiger partial charge on any atom is -0.381 e. The molecule has 1 aromatic carbocycles. The number of hydrogen-bond acceptors (Lipinski definition) is 2. The molecule has 0 aliphatic heterocycles. The summed E-state index contributed by atoms with van der Waals surface area (Å²) in [5, 5.41) is 5.72. The third-order valence-corrected chi connectivity index (χ3v) is 3.50. The van der Waals surface area contributed by atoms with Gasteiger partial charge in [0.1, 0.15) is 0 Å². The minimum atomic E-state index is 0.425. The summed E-state index contributed by atoms with van der Waals surface area (Å²) in [4.78, 5) is 0. The second-order valence-corrected chi connectivity index (χ2v) is 4.63. The van der Waals surface area contributed by atoms with Crippen molar-refractivity contribution in [2.75, 3.05) is 7.11 Å². The van der Waals surface area contributed by atoms with E-state index in [4.69, 9.17) is 4.74 Å². The molecule has 1 aliphatic carbocycles. The van der Waals surface area contributed by atoms with Gasteiger partial charge in [-0.15, -0.1) is 0 Å². The molecule has 0 N–H and O–H groups in total. The quantitative estimate of drug-likeness (QED) is 0.771. The number of hydrogen-bond donors (Lipinski definition) is 0. The molecule has 0 spiro atoms. The van der Waals surface area contributed by atoms with E-state index < -0.39 is 0 Å². The van der Waals surface area contributed by atoms with Crippen LogP contribution in [0.3, 0.4) is 0 Å². The molecular weight excluding hydrogens is 200 g/mol. The summed E-state index contributed by atoms with van der Waals surface area (Å²) in [6.45, 7) is 2.12. The van der Waals surface area contributed by atoms with Crippen LogP contribution in [-0.4, -0.2) is 23.0 Å². The van der Waals surface area contributed by atoms with Crippen LogP contribution in [0.4, 0.5) is 0 Å². The van der Waals surface area contributed by atoms with E-state index in [0.29, 0.717) is 12.1 Å². The molecule has 3 nitrogen and oxygen atoms in total. The van der Waals surface area contributed by atoms with Gasteiger partial charge >= 0.3 is 0 Å². The predicted octanol–water partition coefficient (Wildman–Crippen LogP) is 2.69. The van der Waals surface area contributed by atoms with Crippen molar-refractivity contribution in [3.8, 4) is 0 Å². The molecule has 84 valence electrons. The van der Waals surface area contributed by atoms with Crippen molar-refractivity contribution in [2.45, 2.75) is 31.9 Å². The number of aromatic nitrogens is 2. The van der Waals surface area contributed by atoms with Crippen molar-refractivity contribution >= 4 is 10.9 Å². The standard InChI is InChI=1S/C13H16N2O/c1-9-3-4-10-8-14-15(13(10)5-9)11-6-12(7-11)16-2/h3-5,8,11-12H,6-7H2,1-2H3/t11-,12+. The zero-order valence-corrected chi connectivity index (χ0v) is 9.68. The Morgan fingerprint density at radius 2 is 2.19 bits per heavy atom. The Balaban J connectivity index is 1.96. The van der Waals surface area contributed by atoms with Gasteiger partial charge in [0.05, 0.1) is 23.9 Å². The van der Waals surface area contributed by atoms with Gasteiger partial charge in [-0.3, -0.25) is 4.68 Å². The molecule has 0 unspecified atom stereocenters. The Hall–Kier alpha value is -1.35. The van der Waals surface area contributed by atoms with E-state index in [9.17, 15) is 0 Å². The maximum absolute atomic E-state index is 5.31. The van der Waals surface area contributed by atoms with Crippen LogP contribution in [0.5, 0.6) is 0 Å². The molecule has 0 atom stereocenters. The second-order valence-electron chi connectivity index (χ2n) is 4.63. The number of benzene rings is 1. The SMILES string of the molecule is CO[C@H]1C[C@@H](n2ncc3ccc(C)cc32)C1. The number of aryl methyl sites for hydroxylation is 1. The fourth-order valence-corrected chi connectivity index (χ4v) is 2.37. The Bertz CT molecular complexity index is 512. The van der Waals surface area contributed by atoms with Gasteiger partial charge in [0, 0.05) is 12.5 Å². The monoisotopic (exact) mass is 216 g/mol. The Morgan fingerprint density at radius 1 is 1.38 bits per heavy atom. The first-order valence-corrected chi connectivity index (χ1v) is 5.74. The van der Waals surface area contributed by atoms with Gasteiger partial charge in [0.25, 0.3) is 0 Å². The zero-order valence-electron chi connectivity index (χ0n) is 9.68. The van der Waals surface area contributed by atoms with E-state index in [1.54, 1.807) is 7.11 Å².